The smallest absolute Gasteiger partial charge is 0.215 e. The Kier molecular flexibility index (Phi) is 6.17. The van der Waals surface area contributed by atoms with Crippen LogP contribution in [0, 0.1) is 6.92 Å². The van der Waals surface area contributed by atoms with Crippen LogP contribution >= 0.6 is 0 Å². The summed E-state index contributed by atoms with van der Waals surface area (Å²) in [6, 6.07) is 16.4. The summed E-state index contributed by atoms with van der Waals surface area (Å²) >= 11 is 0. The van der Waals surface area contributed by atoms with Gasteiger partial charge >= 0.3 is 0 Å². The molecule has 0 N–H and O–H groups in total. The van der Waals surface area contributed by atoms with Crippen molar-refractivity contribution in [2.45, 2.75) is 26.8 Å². The molecule has 0 aliphatic carbocycles. The molecule has 1 amide bonds. The second-order valence-electron chi connectivity index (χ2n) is 7.30. The highest BCUT2D eigenvalue weighted by Gasteiger charge is 2.21. The fourth-order valence-electron chi connectivity index (χ4n) is 3.35. The second-order valence-corrected chi connectivity index (χ2v) is 7.30. The van der Waals surface area contributed by atoms with Crippen molar-refractivity contribution in [3.63, 3.8) is 0 Å². The summed E-state index contributed by atoms with van der Waals surface area (Å²) in [6.07, 6.45) is 1.40. The number of aromatic nitrogens is 2. The van der Waals surface area contributed by atoms with E-state index in [1.807, 2.05) is 25.1 Å². The van der Waals surface area contributed by atoms with E-state index in [2.05, 4.69) is 48.4 Å². The second kappa shape index (κ2) is 8.78. The van der Waals surface area contributed by atoms with Crippen LogP contribution in [0.25, 0.3) is 5.57 Å². The number of aryl methyl sites for hydroxylation is 1. The van der Waals surface area contributed by atoms with Gasteiger partial charge in [0, 0.05) is 20.0 Å². The number of hydrogen-bond donors (Lipinski definition) is 0. The Morgan fingerprint density at radius 3 is 2.55 bits per heavy atom. The van der Waals surface area contributed by atoms with Crippen LogP contribution in [0.3, 0.4) is 0 Å². The highest BCUT2D eigenvalue weighted by Crippen LogP contribution is 2.29. The third kappa shape index (κ3) is 4.57. The standard InChI is InChI=1S/C24H27N3O2/c1-17(2)23-24(26(4)16-28)25-22(14-20-7-6-8-21(13-20)29-5)27(23)15-19-11-9-18(3)10-12-19/h6-13,16H,1,14-15H2,2-5H3. The van der Waals surface area contributed by atoms with E-state index in [-0.39, 0.29) is 0 Å². The number of imidazole rings is 1. The maximum Gasteiger partial charge on any atom is 0.215 e. The van der Waals surface area contributed by atoms with Gasteiger partial charge in [-0.3, -0.25) is 4.79 Å². The molecule has 0 atom stereocenters. The molecule has 3 rings (SSSR count). The molecule has 2 aromatic carbocycles. The van der Waals surface area contributed by atoms with Gasteiger partial charge < -0.3 is 14.2 Å². The Bertz CT molecular complexity index is 1020. The monoisotopic (exact) mass is 389 g/mol. The van der Waals surface area contributed by atoms with Crippen LogP contribution in [-0.4, -0.2) is 30.1 Å². The van der Waals surface area contributed by atoms with Gasteiger partial charge in [0.2, 0.25) is 6.41 Å². The maximum atomic E-state index is 11.5. The number of anilines is 1. The van der Waals surface area contributed by atoms with Crippen LogP contribution in [0.1, 0.15) is 35.1 Å². The van der Waals surface area contributed by atoms with Gasteiger partial charge in [0.05, 0.1) is 12.8 Å². The first-order chi connectivity index (χ1) is 13.9. The number of carbonyl (C=O) groups excluding carboxylic acids is 1. The Morgan fingerprint density at radius 1 is 1.21 bits per heavy atom. The fourth-order valence-corrected chi connectivity index (χ4v) is 3.35. The zero-order valence-electron chi connectivity index (χ0n) is 17.5. The molecule has 0 saturated heterocycles. The van der Waals surface area contributed by atoms with E-state index < -0.39 is 0 Å². The molecule has 0 aliphatic rings. The number of hydrogen-bond acceptors (Lipinski definition) is 3. The Hall–Kier alpha value is -3.34. The van der Waals surface area contributed by atoms with Gasteiger partial charge in [-0.25, -0.2) is 4.98 Å². The molecule has 29 heavy (non-hydrogen) atoms. The van der Waals surface area contributed by atoms with E-state index in [4.69, 9.17) is 9.72 Å². The molecule has 1 aromatic heterocycles. The molecule has 5 nitrogen and oxygen atoms in total. The van der Waals surface area contributed by atoms with E-state index in [0.29, 0.717) is 18.8 Å². The summed E-state index contributed by atoms with van der Waals surface area (Å²) in [6.45, 7) is 8.82. The van der Waals surface area contributed by atoms with Crippen LogP contribution in [0.2, 0.25) is 0 Å². The lowest BCUT2D eigenvalue weighted by Crippen LogP contribution is -2.16. The van der Waals surface area contributed by atoms with Crippen molar-refractivity contribution in [1.82, 2.24) is 9.55 Å². The molecular formula is C24H27N3O2. The van der Waals surface area contributed by atoms with Gasteiger partial charge in [-0.1, -0.05) is 48.5 Å². The summed E-state index contributed by atoms with van der Waals surface area (Å²) < 4.78 is 7.51. The zero-order valence-corrected chi connectivity index (χ0v) is 17.5. The van der Waals surface area contributed by atoms with Gasteiger partial charge in [0.1, 0.15) is 11.6 Å². The van der Waals surface area contributed by atoms with E-state index >= 15 is 0 Å². The van der Waals surface area contributed by atoms with Crippen LogP contribution in [0.15, 0.2) is 55.1 Å². The lowest BCUT2D eigenvalue weighted by molar-refractivity contribution is -0.107. The van der Waals surface area contributed by atoms with Crippen molar-refractivity contribution >= 4 is 17.8 Å². The highest BCUT2D eigenvalue weighted by molar-refractivity contribution is 5.80. The van der Waals surface area contributed by atoms with Crippen molar-refractivity contribution in [1.29, 1.82) is 0 Å². The van der Waals surface area contributed by atoms with Gasteiger partial charge in [-0.05, 0) is 42.7 Å². The molecular weight excluding hydrogens is 362 g/mol. The van der Waals surface area contributed by atoms with Gasteiger partial charge in [-0.15, -0.1) is 0 Å². The molecule has 0 unspecified atom stereocenters. The summed E-state index contributed by atoms with van der Waals surface area (Å²) in [5.74, 6) is 2.31. The number of nitrogens with zero attached hydrogens (tertiary/aromatic N) is 3. The number of benzene rings is 2. The Labute approximate surface area is 172 Å². The zero-order chi connectivity index (χ0) is 21.0. The average molecular weight is 389 g/mol. The maximum absolute atomic E-state index is 11.5. The normalized spacial score (nSPS) is 10.6. The quantitative estimate of drug-likeness (QED) is 0.534. The molecule has 0 bridgehead atoms. The first-order valence-electron chi connectivity index (χ1n) is 9.54. The Balaban J connectivity index is 2.10. The predicted octanol–water partition coefficient (Wildman–Crippen LogP) is 4.46. The summed E-state index contributed by atoms with van der Waals surface area (Å²) in [7, 11) is 3.38. The predicted molar refractivity (Wildman–Crippen MR) is 117 cm³/mol. The molecule has 3 aromatic rings. The number of ether oxygens (including phenoxy) is 1. The van der Waals surface area contributed by atoms with E-state index in [1.54, 1.807) is 14.2 Å². The summed E-state index contributed by atoms with van der Waals surface area (Å²) in [5, 5.41) is 0. The van der Waals surface area contributed by atoms with Gasteiger partial charge in [0.25, 0.3) is 0 Å². The molecule has 0 fully saturated rings. The van der Waals surface area contributed by atoms with E-state index in [1.165, 1.54) is 16.0 Å². The Morgan fingerprint density at radius 2 is 1.93 bits per heavy atom. The number of methoxy groups -OCH3 is 1. The summed E-state index contributed by atoms with van der Waals surface area (Å²) in [5.41, 5.74) is 5.22. The van der Waals surface area contributed by atoms with E-state index in [9.17, 15) is 4.79 Å². The highest BCUT2D eigenvalue weighted by atomic mass is 16.5. The number of carbonyl (C=O) groups is 1. The van der Waals surface area contributed by atoms with Gasteiger partial charge in [-0.2, -0.15) is 0 Å². The minimum atomic E-state index is 0.621. The lowest BCUT2D eigenvalue weighted by Gasteiger charge is -2.15. The van der Waals surface area contributed by atoms with E-state index in [0.717, 1.165) is 34.8 Å². The van der Waals surface area contributed by atoms with Crippen LogP contribution < -0.4 is 9.64 Å². The topological polar surface area (TPSA) is 47.4 Å². The molecule has 0 radical (unpaired) electrons. The number of allylic oxidation sites excluding steroid dienone is 1. The third-order valence-corrected chi connectivity index (χ3v) is 4.88. The van der Waals surface area contributed by atoms with Crippen molar-refractivity contribution in [2.24, 2.45) is 0 Å². The van der Waals surface area contributed by atoms with Crippen molar-refractivity contribution in [2.75, 3.05) is 19.1 Å². The molecule has 150 valence electrons. The third-order valence-electron chi connectivity index (χ3n) is 4.88. The molecule has 0 saturated carbocycles. The van der Waals surface area contributed by atoms with Crippen molar-refractivity contribution in [3.05, 3.63) is 83.3 Å². The van der Waals surface area contributed by atoms with Gasteiger partial charge in [0.15, 0.2) is 5.82 Å². The minimum Gasteiger partial charge on any atom is -0.497 e. The van der Waals surface area contributed by atoms with Crippen molar-refractivity contribution < 1.29 is 9.53 Å². The van der Waals surface area contributed by atoms with Crippen molar-refractivity contribution in [3.8, 4) is 5.75 Å². The SMILES string of the molecule is C=C(C)c1c(N(C)C=O)nc(Cc2cccc(OC)c2)n1Cc1ccc(C)cc1. The molecule has 0 aliphatic heterocycles. The number of amides is 1. The summed E-state index contributed by atoms with van der Waals surface area (Å²) in [4.78, 5) is 17.8. The molecule has 5 heteroatoms. The largest absolute Gasteiger partial charge is 0.497 e. The number of rotatable bonds is 8. The average Bonchev–Trinajstić information content (AvgIpc) is 3.07. The minimum absolute atomic E-state index is 0.621. The first-order valence-corrected chi connectivity index (χ1v) is 9.54. The molecule has 0 spiro atoms. The fraction of sp³-hybridized carbons (Fsp3) is 0.250. The molecule has 1 heterocycles. The van der Waals surface area contributed by atoms with Crippen LogP contribution in [0.5, 0.6) is 5.75 Å². The lowest BCUT2D eigenvalue weighted by atomic mass is 10.1. The first kappa shape index (κ1) is 20.4. The van der Waals surface area contributed by atoms with Crippen LogP contribution in [0.4, 0.5) is 5.82 Å². The van der Waals surface area contributed by atoms with Crippen LogP contribution in [-0.2, 0) is 17.8 Å².